The normalized spacial score (nSPS) is 14.4. The zero-order valence-electron chi connectivity index (χ0n) is 21.2. The van der Waals surface area contributed by atoms with Crippen LogP contribution in [0.2, 0.25) is 0 Å². The van der Waals surface area contributed by atoms with Crippen LogP contribution in [0.4, 0.5) is 0 Å². The lowest BCUT2D eigenvalue weighted by molar-refractivity contribution is -0.142. The van der Waals surface area contributed by atoms with E-state index in [1.807, 2.05) is 0 Å². The third kappa shape index (κ3) is 10.3. The van der Waals surface area contributed by atoms with Crippen LogP contribution in [-0.2, 0) is 25.6 Å². The van der Waals surface area contributed by atoms with Crippen LogP contribution in [0.25, 0.3) is 0 Å². The molecule has 1 aromatic heterocycles. The number of aromatic amines is 1. The zero-order chi connectivity index (χ0) is 27.4. The van der Waals surface area contributed by atoms with E-state index in [2.05, 4.69) is 30.9 Å². The lowest BCUT2D eigenvalue weighted by atomic mass is 9.99. The van der Waals surface area contributed by atoms with E-state index < -0.39 is 47.9 Å². The number of nitrogens with one attached hydrogen (secondary N) is 4. The first-order valence-corrected chi connectivity index (χ1v) is 11.8. The number of carbonyl (C=O) groups excluding carboxylic acids is 3. The van der Waals surface area contributed by atoms with Crippen LogP contribution in [0, 0.1) is 11.8 Å². The predicted molar refractivity (Wildman–Crippen MR) is 133 cm³/mol. The molecule has 11 N–H and O–H groups in total. The molecule has 0 aliphatic rings. The SMILES string of the molecule is CC(C)C(N)C(=O)NC(C(=O)NC(CCCN=C(N)N)C(=O)NC(Cc1cnc[nH]1)C(=O)O)C(C)C. The van der Waals surface area contributed by atoms with Crippen molar-refractivity contribution in [2.45, 2.75) is 71.1 Å². The van der Waals surface area contributed by atoms with Crippen LogP contribution in [0.15, 0.2) is 17.5 Å². The maximum absolute atomic E-state index is 13.1. The first kappa shape index (κ1) is 30.4. The topological polar surface area (TPSA) is 244 Å². The summed E-state index contributed by atoms with van der Waals surface area (Å²) in [5, 5.41) is 17.3. The molecule has 36 heavy (non-hydrogen) atoms. The Morgan fingerprint density at radius 2 is 1.64 bits per heavy atom. The Hall–Kier alpha value is -3.68. The van der Waals surface area contributed by atoms with E-state index in [0.29, 0.717) is 12.1 Å². The molecule has 202 valence electrons. The van der Waals surface area contributed by atoms with Crippen LogP contribution in [-0.4, -0.2) is 75.4 Å². The summed E-state index contributed by atoms with van der Waals surface area (Å²) in [6, 6.07) is -4.14. The van der Waals surface area contributed by atoms with Gasteiger partial charge in [-0.15, -0.1) is 0 Å². The number of amides is 3. The number of aromatic nitrogens is 2. The van der Waals surface area contributed by atoms with Gasteiger partial charge in [-0.2, -0.15) is 0 Å². The largest absolute Gasteiger partial charge is 0.480 e. The molecule has 0 aliphatic carbocycles. The number of imidazole rings is 1. The Morgan fingerprint density at radius 3 is 2.14 bits per heavy atom. The number of nitrogens with two attached hydrogens (primary N) is 3. The number of rotatable bonds is 15. The van der Waals surface area contributed by atoms with Crippen molar-refractivity contribution in [2.75, 3.05) is 6.54 Å². The second-order valence-corrected chi connectivity index (χ2v) is 9.19. The fourth-order valence-electron chi connectivity index (χ4n) is 3.21. The molecule has 1 heterocycles. The van der Waals surface area contributed by atoms with Gasteiger partial charge in [-0.25, -0.2) is 9.78 Å². The Balaban J connectivity index is 3.02. The fourth-order valence-corrected chi connectivity index (χ4v) is 3.21. The molecule has 0 aromatic carbocycles. The number of carbonyl (C=O) groups is 4. The Morgan fingerprint density at radius 1 is 1.00 bits per heavy atom. The van der Waals surface area contributed by atoms with E-state index in [-0.39, 0.29) is 37.2 Å². The highest BCUT2D eigenvalue weighted by molar-refractivity contribution is 5.94. The number of hydrogen-bond donors (Lipinski definition) is 8. The van der Waals surface area contributed by atoms with Crippen LogP contribution < -0.4 is 33.2 Å². The molecule has 3 amide bonds. The van der Waals surface area contributed by atoms with Gasteiger partial charge in [0.15, 0.2) is 5.96 Å². The Kier molecular flexibility index (Phi) is 12.4. The highest BCUT2D eigenvalue weighted by Crippen LogP contribution is 2.08. The lowest BCUT2D eigenvalue weighted by Gasteiger charge is -2.27. The Labute approximate surface area is 210 Å². The number of H-pyrrole nitrogens is 1. The summed E-state index contributed by atoms with van der Waals surface area (Å²) < 4.78 is 0. The summed E-state index contributed by atoms with van der Waals surface area (Å²) in [7, 11) is 0. The Bertz CT molecular complexity index is 898. The van der Waals surface area contributed by atoms with Crippen molar-refractivity contribution in [3.05, 3.63) is 18.2 Å². The molecule has 4 atom stereocenters. The molecule has 0 saturated carbocycles. The average Bonchev–Trinajstić information content (AvgIpc) is 3.30. The van der Waals surface area contributed by atoms with E-state index in [1.165, 1.54) is 12.5 Å². The third-order valence-electron chi connectivity index (χ3n) is 5.44. The number of guanidine groups is 1. The molecule has 0 spiro atoms. The molecule has 1 aromatic rings. The quantitative estimate of drug-likeness (QED) is 0.0752. The molecule has 4 unspecified atom stereocenters. The number of nitrogens with zero attached hydrogens (tertiary/aromatic N) is 2. The zero-order valence-corrected chi connectivity index (χ0v) is 21.2. The summed E-state index contributed by atoms with van der Waals surface area (Å²) in [6.45, 7) is 7.25. The van der Waals surface area contributed by atoms with Crippen molar-refractivity contribution in [2.24, 2.45) is 34.0 Å². The van der Waals surface area contributed by atoms with Crippen LogP contribution >= 0.6 is 0 Å². The van der Waals surface area contributed by atoms with Crippen molar-refractivity contribution < 1.29 is 24.3 Å². The molecule has 0 aliphatic heterocycles. The van der Waals surface area contributed by atoms with E-state index in [4.69, 9.17) is 17.2 Å². The minimum absolute atomic E-state index is 0.0342. The molecule has 1 rings (SSSR count). The first-order chi connectivity index (χ1) is 16.8. The van der Waals surface area contributed by atoms with E-state index in [1.54, 1.807) is 27.7 Å². The molecular weight excluding hydrogens is 470 g/mol. The van der Waals surface area contributed by atoms with Gasteiger partial charge < -0.3 is 43.2 Å². The summed E-state index contributed by atoms with van der Waals surface area (Å²) in [4.78, 5) is 60.8. The van der Waals surface area contributed by atoms with E-state index in [9.17, 15) is 24.3 Å². The summed E-state index contributed by atoms with van der Waals surface area (Å²) in [5.41, 5.74) is 17.1. The van der Waals surface area contributed by atoms with Gasteiger partial charge in [0.2, 0.25) is 17.7 Å². The summed E-state index contributed by atoms with van der Waals surface area (Å²) in [5.74, 6) is -3.61. The van der Waals surface area contributed by atoms with Gasteiger partial charge >= 0.3 is 5.97 Å². The van der Waals surface area contributed by atoms with Crippen LogP contribution in [0.5, 0.6) is 0 Å². The maximum atomic E-state index is 13.1. The maximum Gasteiger partial charge on any atom is 0.326 e. The smallest absolute Gasteiger partial charge is 0.326 e. The highest BCUT2D eigenvalue weighted by Gasteiger charge is 2.32. The minimum Gasteiger partial charge on any atom is -0.480 e. The van der Waals surface area contributed by atoms with Gasteiger partial charge in [0.1, 0.15) is 18.1 Å². The monoisotopic (exact) mass is 509 g/mol. The van der Waals surface area contributed by atoms with Crippen molar-refractivity contribution in [3.8, 4) is 0 Å². The third-order valence-corrected chi connectivity index (χ3v) is 5.44. The number of aliphatic imine (C=N–C) groups is 1. The highest BCUT2D eigenvalue weighted by atomic mass is 16.4. The molecule has 0 saturated heterocycles. The molecule has 0 bridgehead atoms. The van der Waals surface area contributed by atoms with Crippen molar-refractivity contribution in [1.29, 1.82) is 0 Å². The number of hydrogen-bond acceptors (Lipinski definition) is 7. The number of carboxylic acid groups (broad SMARTS) is 1. The van der Waals surface area contributed by atoms with E-state index >= 15 is 0 Å². The standard InChI is InChI=1S/C22H39N9O5/c1-11(2)16(23)19(33)31-17(12(3)4)20(34)29-14(6-5-7-27-22(24)25)18(32)30-15(21(35)36)8-13-9-26-10-28-13/h9-12,14-17H,5-8,23H2,1-4H3,(H,26,28)(H,29,34)(H,30,32)(H,31,33)(H,35,36)(H4,24,25,27). The van der Waals surface area contributed by atoms with Crippen molar-refractivity contribution in [3.63, 3.8) is 0 Å². The van der Waals surface area contributed by atoms with Gasteiger partial charge in [0, 0.05) is 24.9 Å². The van der Waals surface area contributed by atoms with Crippen LogP contribution in [0.3, 0.4) is 0 Å². The minimum atomic E-state index is -1.26. The number of carboxylic acids is 1. The van der Waals surface area contributed by atoms with Gasteiger partial charge in [-0.1, -0.05) is 27.7 Å². The average molecular weight is 510 g/mol. The predicted octanol–water partition coefficient (Wildman–Crippen LogP) is -1.82. The molecule has 0 radical (unpaired) electrons. The molecule has 14 heteroatoms. The second-order valence-electron chi connectivity index (χ2n) is 9.19. The lowest BCUT2D eigenvalue weighted by Crippen LogP contribution is -2.59. The summed E-state index contributed by atoms with van der Waals surface area (Å²) in [6.07, 6.45) is 3.26. The van der Waals surface area contributed by atoms with Gasteiger partial charge in [0.05, 0.1) is 12.4 Å². The van der Waals surface area contributed by atoms with Gasteiger partial charge in [-0.3, -0.25) is 19.4 Å². The summed E-state index contributed by atoms with van der Waals surface area (Å²) >= 11 is 0. The molecule has 14 nitrogen and oxygen atoms in total. The first-order valence-electron chi connectivity index (χ1n) is 11.8. The van der Waals surface area contributed by atoms with Crippen molar-refractivity contribution in [1.82, 2.24) is 25.9 Å². The van der Waals surface area contributed by atoms with Crippen molar-refractivity contribution >= 4 is 29.7 Å². The molecular formula is C22H39N9O5. The van der Waals surface area contributed by atoms with E-state index in [0.717, 1.165) is 0 Å². The van der Waals surface area contributed by atoms with Gasteiger partial charge in [-0.05, 0) is 24.7 Å². The van der Waals surface area contributed by atoms with Gasteiger partial charge in [0.25, 0.3) is 0 Å². The fraction of sp³-hybridized carbons (Fsp3) is 0.636. The number of aliphatic carboxylic acids is 1. The molecule has 0 fully saturated rings. The second kappa shape index (κ2) is 14.7. The van der Waals surface area contributed by atoms with Crippen LogP contribution in [0.1, 0.15) is 46.2 Å².